The number of amides is 2. The molecule has 0 radical (unpaired) electrons. The third kappa shape index (κ3) is 1.76. The first-order valence-electron chi connectivity index (χ1n) is 5.73. The van der Waals surface area contributed by atoms with E-state index in [1.165, 1.54) is 11.8 Å². The maximum Gasteiger partial charge on any atom is 0.245 e. The summed E-state index contributed by atoms with van der Waals surface area (Å²) in [5, 5.41) is 11.2. The van der Waals surface area contributed by atoms with Crippen molar-refractivity contribution in [2.75, 3.05) is 12.3 Å². The average Bonchev–Trinajstić information content (AvgIpc) is 2.89. The van der Waals surface area contributed by atoms with Crippen LogP contribution in [0.2, 0.25) is 0 Å². The van der Waals surface area contributed by atoms with Gasteiger partial charge in [0.2, 0.25) is 11.8 Å². The molecule has 96 valence electrons. The van der Waals surface area contributed by atoms with Gasteiger partial charge >= 0.3 is 0 Å². The lowest BCUT2D eigenvalue weighted by atomic mass is 10.0. The zero-order valence-corrected chi connectivity index (χ0v) is 10.7. The predicted octanol–water partition coefficient (Wildman–Crippen LogP) is -0.993. The van der Waals surface area contributed by atoms with Crippen molar-refractivity contribution in [1.82, 2.24) is 25.0 Å². The van der Waals surface area contributed by atoms with Gasteiger partial charge in [0, 0.05) is 13.6 Å². The summed E-state index contributed by atoms with van der Waals surface area (Å²) in [6.07, 6.45) is 2.45. The van der Waals surface area contributed by atoms with E-state index in [1.807, 2.05) is 7.05 Å². The molecule has 2 saturated heterocycles. The minimum Gasteiger partial charge on any atom is -0.349 e. The number of β-lactam (4-membered cyclic amide) rings is 1. The number of hydrogen-bond acceptors (Lipinski definition) is 5. The Kier molecular flexibility index (Phi) is 2.73. The molecule has 0 aliphatic carbocycles. The minimum atomic E-state index is -0.238. The van der Waals surface area contributed by atoms with Crippen molar-refractivity contribution in [1.29, 1.82) is 0 Å². The number of aryl methyl sites for hydroxylation is 1. The summed E-state index contributed by atoms with van der Waals surface area (Å²) >= 11 is 1.34. The van der Waals surface area contributed by atoms with E-state index < -0.39 is 0 Å². The molecule has 0 spiro atoms. The van der Waals surface area contributed by atoms with Gasteiger partial charge in [0.05, 0.1) is 11.8 Å². The molecule has 3 rings (SSSR count). The van der Waals surface area contributed by atoms with E-state index in [2.05, 4.69) is 15.5 Å². The summed E-state index contributed by atoms with van der Waals surface area (Å²) in [6.45, 7) is 0.659. The van der Waals surface area contributed by atoms with Crippen LogP contribution in [-0.2, 0) is 16.6 Å². The number of fused-ring (bicyclic) bond motifs is 1. The molecule has 8 heteroatoms. The van der Waals surface area contributed by atoms with Crippen LogP contribution in [-0.4, -0.2) is 55.9 Å². The fourth-order valence-electron chi connectivity index (χ4n) is 2.33. The lowest BCUT2D eigenvalue weighted by molar-refractivity contribution is -0.142. The highest BCUT2D eigenvalue weighted by Gasteiger charge is 2.49. The van der Waals surface area contributed by atoms with Crippen molar-refractivity contribution >= 4 is 23.6 Å². The number of rotatable bonds is 3. The van der Waals surface area contributed by atoms with E-state index in [9.17, 15) is 9.59 Å². The molecule has 3 heterocycles. The van der Waals surface area contributed by atoms with Crippen LogP contribution >= 0.6 is 11.8 Å². The average molecular weight is 267 g/mol. The molecular weight excluding hydrogens is 254 g/mol. The van der Waals surface area contributed by atoms with Gasteiger partial charge in [0.1, 0.15) is 12.4 Å². The number of likely N-dealkylation sites (tertiary alicyclic amines) is 1. The van der Waals surface area contributed by atoms with Crippen LogP contribution in [0.3, 0.4) is 0 Å². The standard InChI is InChI=1S/C10H13N5O2S/c1-14-5-11-13-10(14)18-4-7(16)15-3-2-6-8(15)9(17)12-6/h5-6,8H,2-4H2,1H3,(H,12,17)/t6-,8+/m1/s1. The highest BCUT2D eigenvalue weighted by molar-refractivity contribution is 7.99. The van der Waals surface area contributed by atoms with E-state index in [-0.39, 0.29) is 23.9 Å². The second-order valence-corrected chi connectivity index (χ2v) is 5.39. The molecule has 1 aromatic heterocycles. The first kappa shape index (κ1) is 11.5. The van der Waals surface area contributed by atoms with Gasteiger partial charge in [-0.15, -0.1) is 10.2 Å². The number of nitrogens with zero attached hydrogens (tertiary/aromatic N) is 4. The second kappa shape index (κ2) is 4.27. The van der Waals surface area contributed by atoms with Crippen LogP contribution in [0.25, 0.3) is 0 Å². The van der Waals surface area contributed by atoms with Gasteiger partial charge in [-0.05, 0) is 6.42 Å². The van der Waals surface area contributed by atoms with Crippen LogP contribution in [0.5, 0.6) is 0 Å². The van der Waals surface area contributed by atoms with Crippen molar-refractivity contribution < 1.29 is 9.59 Å². The second-order valence-electron chi connectivity index (χ2n) is 4.45. The quantitative estimate of drug-likeness (QED) is 0.561. The monoisotopic (exact) mass is 267 g/mol. The molecule has 0 unspecified atom stereocenters. The molecule has 1 aromatic rings. The maximum atomic E-state index is 12.1. The Morgan fingerprint density at radius 2 is 2.50 bits per heavy atom. The molecule has 2 atom stereocenters. The van der Waals surface area contributed by atoms with Crippen molar-refractivity contribution in [3.05, 3.63) is 6.33 Å². The Morgan fingerprint density at radius 3 is 3.17 bits per heavy atom. The van der Waals surface area contributed by atoms with E-state index in [4.69, 9.17) is 0 Å². The van der Waals surface area contributed by atoms with Crippen molar-refractivity contribution in [3.63, 3.8) is 0 Å². The minimum absolute atomic E-state index is 0.00894. The zero-order valence-electron chi connectivity index (χ0n) is 9.87. The molecule has 0 saturated carbocycles. The SMILES string of the molecule is Cn1cnnc1SCC(=O)N1CC[C@H]2NC(=O)[C@H]21. The molecule has 0 bridgehead atoms. The number of nitrogens with one attached hydrogen (secondary N) is 1. The Balaban J connectivity index is 1.59. The molecule has 2 amide bonds. The van der Waals surface area contributed by atoms with E-state index in [0.717, 1.165) is 6.42 Å². The van der Waals surface area contributed by atoms with Gasteiger partial charge in [0.25, 0.3) is 0 Å². The Bertz CT molecular complexity index is 502. The number of carbonyl (C=O) groups is 2. The summed E-state index contributed by atoms with van der Waals surface area (Å²) in [5.41, 5.74) is 0. The van der Waals surface area contributed by atoms with Crippen molar-refractivity contribution in [2.45, 2.75) is 23.7 Å². The molecule has 2 aliphatic rings. The number of hydrogen-bond donors (Lipinski definition) is 1. The third-order valence-electron chi connectivity index (χ3n) is 3.31. The van der Waals surface area contributed by atoms with Crippen LogP contribution in [0, 0.1) is 0 Å². The van der Waals surface area contributed by atoms with Gasteiger partial charge in [0.15, 0.2) is 5.16 Å². The Morgan fingerprint density at radius 1 is 1.67 bits per heavy atom. The fraction of sp³-hybridized carbons (Fsp3) is 0.600. The lowest BCUT2D eigenvalue weighted by Crippen LogP contribution is -2.65. The Hall–Kier alpha value is -1.57. The van der Waals surface area contributed by atoms with Gasteiger partial charge in [-0.3, -0.25) is 9.59 Å². The first-order chi connectivity index (χ1) is 8.66. The van der Waals surface area contributed by atoms with Crippen LogP contribution in [0.4, 0.5) is 0 Å². The molecule has 2 fully saturated rings. The topological polar surface area (TPSA) is 80.1 Å². The van der Waals surface area contributed by atoms with Crippen LogP contribution < -0.4 is 5.32 Å². The molecule has 18 heavy (non-hydrogen) atoms. The normalized spacial score (nSPS) is 25.6. The lowest BCUT2D eigenvalue weighted by Gasteiger charge is -2.35. The smallest absolute Gasteiger partial charge is 0.245 e. The summed E-state index contributed by atoms with van der Waals surface area (Å²) < 4.78 is 1.76. The first-order valence-corrected chi connectivity index (χ1v) is 6.72. The van der Waals surface area contributed by atoms with Crippen LogP contribution in [0.1, 0.15) is 6.42 Å². The maximum absolute atomic E-state index is 12.1. The van der Waals surface area contributed by atoms with Gasteiger partial charge in [-0.1, -0.05) is 11.8 Å². The van der Waals surface area contributed by atoms with Crippen molar-refractivity contribution in [2.24, 2.45) is 7.05 Å². The van der Waals surface area contributed by atoms with Crippen LogP contribution in [0.15, 0.2) is 11.5 Å². The van der Waals surface area contributed by atoms with Crippen molar-refractivity contribution in [3.8, 4) is 0 Å². The zero-order chi connectivity index (χ0) is 12.7. The third-order valence-corrected chi connectivity index (χ3v) is 4.33. The molecule has 2 aliphatic heterocycles. The largest absolute Gasteiger partial charge is 0.349 e. The molecular formula is C10H13N5O2S. The summed E-state index contributed by atoms with van der Waals surface area (Å²) in [4.78, 5) is 25.1. The summed E-state index contributed by atoms with van der Waals surface area (Å²) in [7, 11) is 1.83. The molecule has 7 nitrogen and oxygen atoms in total. The molecule has 0 aromatic carbocycles. The fourth-order valence-corrected chi connectivity index (χ4v) is 3.11. The van der Waals surface area contributed by atoms with Gasteiger partial charge in [-0.25, -0.2) is 0 Å². The highest BCUT2D eigenvalue weighted by Crippen LogP contribution is 2.26. The number of aromatic nitrogens is 3. The van der Waals surface area contributed by atoms with E-state index in [1.54, 1.807) is 15.8 Å². The number of thioether (sulfide) groups is 1. The van der Waals surface area contributed by atoms with Gasteiger partial charge < -0.3 is 14.8 Å². The van der Waals surface area contributed by atoms with Gasteiger partial charge in [-0.2, -0.15) is 0 Å². The van der Waals surface area contributed by atoms with E-state index >= 15 is 0 Å². The Labute approximate surface area is 108 Å². The summed E-state index contributed by atoms with van der Waals surface area (Å²) in [6, 6.07) is -0.0705. The summed E-state index contributed by atoms with van der Waals surface area (Å²) in [5.74, 6) is 0.253. The van der Waals surface area contributed by atoms with E-state index in [0.29, 0.717) is 17.5 Å². The molecule has 1 N–H and O–H groups in total. The predicted molar refractivity (Wildman–Crippen MR) is 63.8 cm³/mol. The number of carbonyl (C=O) groups excluding carboxylic acids is 2. The highest BCUT2D eigenvalue weighted by atomic mass is 32.2.